The Kier molecular flexibility index (Phi) is 2.93. The minimum atomic E-state index is 0.178. The molecule has 0 aromatic heterocycles. The third-order valence-corrected chi connectivity index (χ3v) is 2.92. The number of ether oxygens (including phenoxy) is 1. The van der Waals surface area contributed by atoms with Crippen molar-refractivity contribution in [1.82, 2.24) is 5.32 Å². The molecule has 0 radical (unpaired) electrons. The zero-order valence-electron chi connectivity index (χ0n) is 9.34. The predicted molar refractivity (Wildman–Crippen MR) is 61.9 cm³/mol. The van der Waals surface area contributed by atoms with Crippen molar-refractivity contribution in [2.75, 3.05) is 25.4 Å². The van der Waals surface area contributed by atoms with E-state index in [0.717, 1.165) is 36.5 Å². The Morgan fingerprint density at radius 2 is 2.00 bits per heavy atom. The lowest BCUT2D eigenvalue weighted by Gasteiger charge is -2.25. The van der Waals surface area contributed by atoms with Crippen LogP contribution >= 0.6 is 0 Å². The molecule has 1 aliphatic rings. The van der Waals surface area contributed by atoms with Crippen LogP contribution in [0.25, 0.3) is 0 Å². The molecule has 1 saturated heterocycles. The lowest BCUT2D eigenvalue weighted by Crippen LogP contribution is -2.33. The fourth-order valence-corrected chi connectivity index (χ4v) is 1.97. The summed E-state index contributed by atoms with van der Waals surface area (Å²) in [6, 6.07) is 4.25. The molecule has 3 N–H and O–H groups in total. The minimum Gasteiger partial charge on any atom is -0.398 e. The van der Waals surface area contributed by atoms with Crippen molar-refractivity contribution < 1.29 is 4.74 Å². The number of benzene rings is 1. The fraction of sp³-hybridized carbons (Fsp3) is 0.500. The Balaban J connectivity index is 2.27. The van der Waals surface area contributed by atoms with Gasteiger partial charge in [0.15, 0.2) is 0 Å². The van der Waals surface area contributed by atoms with Gasteiger partial charge in [-0.25, -0.2) is 0 Å². The Morgan fingerprint density at radius 3 is 2.53 bits per heavy atom. The summed E-state index contributed by atoms with van der Waals surface area (Å²) in [6.45, 7) is 6.71. The van der Waals surface area contributed by atoms with E-state index < -0.39 is 0 Å². The van der Waals surface area contributed by atoms with E-state index in [2.05, 4.69) is 17.4 Å². The molecule has 1 heterocycles. The Hall–Kier alpha value is -1.06. The molecule has 1 aliphatic heterocycles. The summed E-state index contributed by atoms with van der Waals surface area (Å²) in [5.74, 6) is 0. The molecule has 0 aliphatic carbocycles. The molecule has 0 spiro atoms. The van der Waals surface area contributed by atoms with Gasteiger partial charge in [0, 0.05) is 18.8 Å². The second-order valence-corrected chi connectivity index (χ2v) is 4.13. The highest BCUT2D eigenvalue weighted by atomic mass is 16.5. The molecule has 15 heavy (non-hydrogen) atoms. The van der Waals surface area contributed by atoms with E-state index in [-0.39, 0.29) is 6.10 Å². The van der Waals surface area contributed by atoms with E-state index >= 15 is 0 Å². The number of anilines is 1. The molecular formula is C12H18N2O. The average molecular weight is 206 g/mol. The van der Waals surface area contributed by atoms with Crippen LogP contribution in [0.15, 0.2) is 12.1 Å². The second kappa shape index (κ2) is 4.21. The number of hydrogen-bond acceptors (Lipinski definition) is 3. The van der Waals surface area contributed by atoms with Crippen LogP contribution < -0.4 is 11.1 Å². The maximum Gasteiger partial charge on any atom is 0.0950 e. The van der Waals surface area contributed by atoms with Gasteiger partial charge >= 0.3 is 0 Å². The largest absolute Gasteiger partial charge is 0.398 e. The summed E-state index contributed by atoms with van der Waals surface area (Å²) in [5, 5.41) is 3.33. The molecule has 0 bridgehead atoms. The average Bonchev–Trinajstić information content (AvgIpc) is 2.26. The van der Waals surface area contributed by atoms with Gasteiger partial charge in [-0.2, -0.15) is 0 Å². The van der Waals surface area contributed by atoms with Crippen LogP contribution in [0.3, 0.4) is 0 Å². The highest BCUT2D eigenvalue weighted by molar-refractivity contribution is 5.54. The fourth-order valence-electron chi connectivity index (χ4n) is 1.97. The highest BCUT2D eigenvalue weighted by Gasteiger charge is 2.16. The van der Waals surface area contributed by atoms with Crippen molar-refractivity contribution in [2.45, 2.75) is 20.0 Å². The van der Waals surface area contributed by atoms with Gasteiger partial charge in [0.05, 0.1) is 12.7 Å². The summed E-state index contributed by atoms with van der Waals surface area (Å²) in [4.78, 5) is 0. The van der Waals surface area contributed by atoms with Crippen LogP contribution in [0.5, 0.6) is 0 Å². The first kappa shape index (κ1) is 10.5. The number of nitrogens with one attached hydrogen (secondary N) is 1. The standard InChI is InChI=1S/C12H18N2O/c1-8-5-10(6-9(2)12(8)13)11-7-14-3-4-15-11/h5-6,11,14H,3-4,7,13H2,1-2H3. The third kappa shape index (κ3) is 2.13. The summed E-state index contributed by atoms with van der Waals surface area (Å²) in [5.41, 5.74) is 10.3. The molecular weight excluding hydrogens is 188 g/mol. The summed E-state index contributed by atoms with van der Waals surface area (Å²) in [6.07, 6.45) is 0.178. The molecule has 1 unspecified atom stereocenters. The van der Waals surface area contributed by atoms with Gasteiger partial charge in [0.25, 0.3) is 0 Å². The molecule has 1 aromatic carbocycles. The zero-order chi connectivity index (χ0) is 10.8. The van der Waals surface area contributed by atoms with Gasteiger partial charge in [-0.3, -0.25) is 0 Å². The number of nitrogen functional groups attached to an aromatic ring is 1. The number of nitrogens with two attached hydrogens (primary N) is 1. The molecule has 82 valence electrons. The second-order valence-electron chi connectivity index (χ2n) is 4.13. The third-order valence-electron chi connectivity index (χ3n) is 2.92. The quantitative estimate of drug-likeness (QED) is 0.685. The Morgan fingerprint density at radius 1 is 1.33 bits per heavy atom. The van der Waals surface area contributed by atoms with Gasteiger partial charge in [-0.1, -0.05) is 12.1 Å². The number of rotatable bonds is 1. The lowest BCUT2D eigenvalue weighted by atomic mass is 10.0. The van der Waals surface area contributed by atoms with Gasteiger partial charge < -0.3 is 15.8 Å². The first-order valence-corrected chi connectivity index (χ1v) is 5.37. The van der Waals surface area contributed by atoms with Crippen molar-refractivity contribution >= 4 is 5.69 Å². The summed E-state index contributed by atoms with van der Waals surface area (Å²) >= 11 is 0. The van der Waals surface area contributed by atoms with Crippen molar-refractivity contribution in [2.24, 2.45) is 0 Å². The number of aryl methyl sites for hydroxylation is 2. The molecule has 2 rings (SSSR count). The van der Waals surface area contributed by atoms with Crippen molar-refractivity contribution in [1.29, 1.82) is 0 Å². The zero-order valence-corrected chi connectivity index (χ0v) is 9.34. The lowest BCUT2D eigenvalue weighted by molar-refractivity contribution is 0.0276. The van der Waals surface area contributed by atoms with E-state index in [9.17, 15) is 0 Å². The van der Waals surface area contributed by atoms with Gasteiger partial charge in [0.2, 0.25) is 0 Å². The molecule has 1 atom stereocenters. The van der Waals surface area contributed by atoms with Crippen molar-refractivity contribution in [3.63, 3.8) is 0 Å². The first-order chi connectivity index (χ1) is 7.18. The van der Waals surface area contributed by atoms with Crippen LogP contribution in [0.1, 0.15) is 22.8 Å². The van der Waals surface area contributed by atoms with Crippen molar-refractivity contribution in [3.05, 3.63) is 28.8 Å². The predicted octanol–water partition coefficient (Wildman–Crippen LogP) is 1.55. The van der Waals surface area contributed by atoms with E-state index in [1.807, 2.05) is 13.8 Å². The van der Waals surface area contributed by atoms with E-state index in [4.69, 9.17) is 10.5 Å². The van der Waals surface area contributed by atoms with Crippen LogP contribution in [-0.2, 0) is 4.74 Å². The molecule has 1 fully saturated rings. The van der Waals surface area contributed by atoms with Crippen LogP contribution in [-0.4, -0.2) is 19.7 Å². The van der Waals surface area contributed by atoms with Gasteiger partial charge in [0.1, 0.15) is 0 Å². The number of morpholine rings is 1. The SMILES string of the molecule is Cc1cc(C2CNCCO2)cc(C)c1N. The van der Waals surface area contributed by atoms with Gasteiger partial charge in [-0.15, -0.1) is 0 Å². The molecule has 0 amide bonds. The maximum atomic E-state index is 5.92. The van der Waals surface area contributed by atoms with E-state index in [1.54, 1.807) is 0 Å². The Labute approximate surface area is 90.6 Å². The molecule has 0 saturated carbocycles. The first-order valence-electron chi connectivity index (χ1n) is 5.37. The molecule has 1 aromatic rings. The number of hydrogen-bond donors (Lipinski definition) is 2. The van der Waals surface area contributed by atoms with Gasteiger partial charge in [-0.05, 0) is 30.5 Å². The molecule has 3 nitrogen and oxygen atoms in total. The smallest absolute Gasteiger partial charge is 0.0950 e. The highest BCUT2D eigenvalue weighted by Crippen LogP contribution is 2.25. The Bertz CT molecular complexity index is 334. The van der Waals surface area contributed by atoms with Crippen LogP contribution in [0.4, 0.5) is 5.69 Å². The minimum absolute atomic E-state index is 0.178. The van der Waals surface area contributed by atoms with Crippen LogP contribution in [0.2, 0.25) is 0 Å². The van der Waals surface area contributed by atoms with E-state index in [1.165, 1.54) is 5.56 Å². The van der Waals surface area contributed by atoms with E-state index in [0.29, 0.717) is 0 Å². The molecule has 3 heteroatoms. The normalized spacial score (nSPS) is 21.6. The maximum absolute atomic E-state index is 5.92. The topological polar surface area (TPSA) is 47.3 Å². The summed E-state index contributed by atoms with van der Waals surface area (Å²) < 4.78 is 5.71. The van der Waals surface area contributed by atoms with Crippen molar-refractivity contribution in [3.8, 4) is 0 Å². The van der Waals surface area contributed by atoms with Crippen LogP contribution in [0, 0.1) is 13.8 Å². The monoisotopic (exact) mass is 206 g/mol. The summed E-state index contributed by atoms with van der Waals surface area (Å²) in [7, 11) is 0.